The van der Waals surface area contributed by atoms with Crippen LogP contribution < -0.4 is 10.1 Å². The van der Waals surface area contributed by atoms with Gasteiger partial charge in [0.1, 0.15) is 12.0 Å². The van der Waals surface area contributed by atoms with E-state index in [0.717, 1.165) is 17.6 Å². The molecule has 1 atom stereocenters. The molecule has 1 unspecified atom stereocenters. The summed E-state index contributed by atoms with van der Waals surface area (Å²) in [5, 5.41) is 11.3. The van der Waals surface area contributed by atoms with Crippen LogP contribution in [0.4, 0.5) is 0 Å². The molecule has 2 N–H and O–H groups in total. The second kappa shape index (κ2) is 5.36. The van der Waals surface area contributed by atoms with E-state index in [1.807, 2.05) is 0 Å². The Bertz CT molecular complexity index is 284. The minimum Gasteiger partial charge on any atom is -0.497 e. The molecule has 1 aromatic carbocycles. The van der Waals surface area contributed by atoms with Crippen molar-refractivity contribution in [3.8, 4) is 5.75 Å². The predicted molar refractivity (Wildman–Crippen MR) is 52.0 cm³/mol. The molecular weight excluding hydrogens is 182 g/mol. The van der Waals surface area contributed by atoms with Crippen molar-refractivity contribution in [2.24, 2.45) is 0 Å². The average molecular weight is 195 g/mol. The van der Waals surface area contributed by atoms with E-state index in [9.17, 15) is 4.79 Å². The molecule has 0 spiro atoms. The third-order valence-electron chi connectivity index (χ3n) is 1.92. The van der Waals surface area contributed by atoms with Crippen molar-refractivity contribution in [1.82, 2.24) is 5.32 Å². The summed E-state index contributed by atoms with van der Waals surface area (Å²) in [5.74, 6) is 0.738. The van der Waals surface area contributed by atoms with E-state index in [1.54, 1.807) is 31.4 Å². The Morgan fingerprint density at radius 1 is 1.50 bits per heavy atom. The summed E-state index contributed by atoms with van der Waals surface area (Å²) in [5.41, 5.74) is 0.801. The second-order valence-electron chi connectivity index (χ2n) is 2.75. The van der Waals surface area contributed by atoms with Gasteiger partial charge in [0, 0.05) is 0 Å². The van der Waals surface area contributed by atoms with Crippen molar-refractivity contribution < 1.29 is 14.6 Å². The maximum absolute atomic E-state index is 10.6. The summed E-state index contributed by atoms with van der Waals surface area (Å²) < 4.78 is 4.98. The minimum atomic E-state index is -0.467. The van der Waals surface area contributed by atoms with Gasteiger partial charge in [-0.15, -0.1) is 0 Å². The molecule has 0 heterocycles. The van der Waals surface area contributed by atoms with Crippen LogP contribution in [0.3, 0.4) is 0 Å². The van der Waals surface area contributed by atoms with E-state index in [-0.39, 0.29) is 6.73 Å². The number of nitrogens with one attached hydrogen (secondary N) is 1. The van der Waals surface area contributed by atoms with Crippen LogP contribution in [-0.2, 0) is 4.79 Å². The van der Waals surface area contributed by atoms with E-state index in [4.69, 9.17) is 9.84 Å². The number of carbonyl (C=O) groups is 1. The molecular formula is C10H13NO3. The third-order valence-corrected chi connectivity index (χ3v) is 1.92. The maximum atomic E-state index is 10.6. The first-order valence-corrected chi connectivity index (χ1v) is 4.25. The lowest BCUT2D eigenvalue weighted by Crippen LogP contribution is -2.23. The van der Waals surface area contributed by atoms with Crippen LogP contribution in [0.15, 0.2) is 24.3 Å². The zero-order chi connectivity index (χ0) is 10.4. The van der Waals surface area contributed by atoms with Gasteiger partial charge in [0.2, 0.25) is 0 Å². The molecule has 0 aliphatic carbocycles. The molecule has 0 amide bonds. The highest BCUT2D eigenvalue weighted by Gasteiger charge is 2.07. The number of aldehydes is 1. The van der Waals surface area contributed by atoms with Gasteiger partial charge in [-0.25, -0.2) is 0 Å². The first-order valence-electron chi connectivity index (χ1n) is 4.25. The Labute approximate surface area is 82.5 Å². The molecule has 0 bridgehead atoms. The van der Waals surface area contributed by atoms with Crippen molar-refractivity contribution in [3.63, 3.8) is 0 Å². The normalized spacial score (nSPS) is 12.1. The fraction of sp³-hybridized carbons (Fsp3) is 0.300. The topological polar surface area (TPSA) is 58.6 Å². The van der Waals surface area contributed by atoms with Gasteiger partial charge in [0.15, 0.2) is 0 Å². The molecule has 0 fully saturated rings. The first-order chi connectivity index (χ1) is 6.81. The number of carbonyl (C=O) groups excluding carboxylic acids is 1. The molecule has 76 valence electrons. The van der Waals surface area contributed by atoms with E-state index in [2.05, 4.69) is 5.32 Å². The van der Waals surface area contributed by atoms with E-state index in [0.29, 0.717) is 0 Å². The molecule has 0 saturated carbocycles. The Balaban J connectivity index is 2.78. The molecule has 0 aliphatic rings. The van der Waals surface area contributed by atoms with Gasteiger partial charge >= 0.3 is 0 Å². The zero-order valence-electron chi connectivity index (χ0n) is 7.93. The van der Waals surface area contributed by atoms with Crippen LogP contribution in [0, 0.1) is 0 Å². The lowest BCUT2D eigenvalue weighted by atomic mass is 10.1. The van der Waals surface area contributed by atoms with Crippen LogP contribution >= 0.6 is 0 Å². The molecule has 1 rings (SSSR count). The number of hydrogen-bond donors (Lipinski definition) is 2. The van der Waals surface area contributed by atoms with Crippen molar-refractivity contribution in [2.75, 3.05) is 13.8 Å². The van der Waals surface area contributed by atoms with Crippen LogP contribution in [0.1, 0.15) is 11.6 Å². The summed E-state index contributed by atoms with van der Waals surface area (Å²) in [6.45, 7) is -0.227. The summed E-state index contributed by atoms with van der Waals surface area (Å²) in [7, 11) is 1.58. The van der Waals surface area contributed by atoms with Gasteiger partial charge in [0.25, 0.3) is 0 Å². The van der Waals surface area contributed by atoms with E-state index in [1.165, 1.54) is 0 Å². The fourth-order valence-corrected chi connectivity index (χ4v) is 1.15. The quantitative estimate of drug-likeness (QED) is 0.530. The van der Waals surface area contributed by atoms with Crippen molar-refractivity contribution in [1.29, 1.82) is 0 Å². The summed E-state index contributed by atoms with van der Waals surface area (Å²) in [6, 6.07) is 6.63. The van der Waals surface area contributed by atoms with E-state index < -0.39 is 6.04 Å². The van der Waals surface area contributed by atoms with Gasteiger partial charge in [-0.05, 0) is 17.7 Å². The summed E-state index contributed by atoms with van der Waals surface area (Å²) in [6.07, 6.45) is 0.748. The number of rotatable bonds is 5. The smallest absolute Gasteiger partial charge is 0.141 e. The van der Waals surface area contributed by atoms with Gasteiger partial charge < -0.3 is 14.6 Å². The van der Waals surface area contributed by atoms with Crippen LogP contribution in [-0.4, -0.2) is 25.2 Å². The number of aliphatic hydroxyl groups is 1. The predicted octanol–water partition coefficient (Wildman–Crippen LogP) is 0.475. The number of hydrogen-bond acceptors (Lipinski definition) is 4. The average Bonchev–Trinajstić information content (AvgIpc) is 2.26. The highest BCUT2D eigenvalue weighted by atomic mass is 16.5. The Morgan fingerprint density at radius 2 is 2.14 bits per heavy atom. The molecule has 14 heavy (non-hydrogen) atoms. The largest absolute Gasteiger partial charge is 0.497 e. The monoisotopic (exact) mass is 195 g/mol. The molecule has 0 aromatic heterocycles. The van der Waals surface area contributed by atoms with Crippen LogP contribution in [0.25, 0.3) is 0 Å². The number of ether oxygens (including phenoxy) is 1. The zero-order valence-corrected chi connectivity index (χ0v) is 7.93. The van der Waals surface area contributed by atoms with Crippen LogP contribution in [0.5, 0.6) is 5.75 Å². The van der Waals surface area contributed by atoms with Crippen LogP contribution in [0.2, 0.25) is 0 Å². The molecule has 4 heteroatoms. The lowest BCUT2D eigenvalue weighted by molar-refractivity contribution is -0.110. The lowest BCUT2D eigenvalue weighted by Gasteiger charge is -2.10. The molecule has 0 saturated heterocycles. The molecule has 0 radical (unpaired) electrons. The number of aliphatic hydroxyl groups excluding tert-OH is 1. The minimum absolute atomic E-state index is 0.227. The van der Waals surface area contributed by atoms with Crippen molar-refractivity contribution in [2.45, 2.75) is 6.04 Å². The van der Waals surface area contributed by atoms with Gasteiger partial charge in [-0.3, -0.25) is 5.32 Å². The second-order valence-corrected chi connectivity index (χ2v) is 2.75. The Morgan fingerprint density at radius 3 is 2.57 bits per heavy atom. The standard InChI is InChI=1S/C10H13NO3/c1-14-9-4-2-8(3-5-9)10(6-12)11-7-13/h2-6,10-11,13H,7H2,1H3. The Hall–Kier alpha value is -1.39. The Kier molecular flexibility index (Phi) is 4.10. The summed E-state index contributed by atoms with van der Waals surface area (Å²) >= 11 is 0. The van der Waals surface area contributed by atoms with Gasteiger partial charge in [-0.1, -0.05) is 12.1 Å². The highest BCUT2D eigenvalue weighted by molar-refractivity contribution is 5.61. The highest BCUT2D eigenvalue weighted by Crippen LogP contribution is 2.15. The van der Waals surface area contributed by atoms with Gasteiger partial charge in [-0.2, -0.15) is 0 Å². The SMILES string of the molecule is COc1ccc(C(C=O)NCO)cc1. The fourth-order valence-electron chi connectivity index (χ4n) is 1.15. The molecule has 4 nitrogen and oxygen atoms in total. The van der Waals surface area contributed by atoms with E-state index >= 15 is 0 Å². The van der Waals surface area contributed by atoms with Crippen molar-refractivity contribution in [3.05, 3.63) is 29.8 Å². The third kappa shape index (κ3) is 2.55. The molecule has 0 aliphatic heterocycles. The number of benzene rings is 1. The maximum Gasteiger partial charge on any atom is 0.141 e. The summed E-state index contributed by atoms with van der Waals surface area (Å²) in [4.78, 5) is 10.6. The first kappa shape index (κ1) is 10.7. The van der Waals surface area contributed by atoms with Gasteiger partial charge in [0.05, 0.1) is 19.9 Å². The van der Waals surface area contributed by atoms with Crippen molar-refractivity contribution >= 4 is 6.29 Å². The molecule has 1 aromatic rings. The number of methoxy groups -OCH3 is 1.